The minimum absolute atomic E-state index is 0.00341. The summed E-state index contributed by atoms with van der Waals surface area (Å²) in [7, 11) is -3.77. The lowest BCUT2D eigenvalue weighted by Gasteiger charge is -2.09. The molecule has 7 heteroatoms. The van der Waals surface area contributed by atoms with Crippen molar-refractivity contribution in [3.05, 3.63) is 57.8 Å². The van der Waals surface area contributed by atoms with E-state index in [1.807, 2.05) is 0 Å². The largest absolute Gasteiger partial charge is 0.398 e. The first-order valence-electron chi connectivity index (χ1n) is 5.80. The van der Waals surface area contributed by atoms with Crippen LogP contribution in [-0.2, 0) is 15.6 Å². The number of sulfone groups is 1. The lowest BCUT2D eigenvalue weighted by molar-refractivity contribution is 0.587. The summed E-state index contributed by atoms with van der Waals surface area (Å²) < 4.78 is 39.1. The van der Waals surface area contributed by atoms with E-state index in [4.69, 9.17) is 11.0 Å². The zero-order valence-electron chi connectivity index (χ0n) is 10.7. The average molecular weight is 369 g/mol. The predicted octanol–water partition coefficient (Wildman–Crippen LogP) is 3.02. The van der Waals surface area contributed by atoms with Crippen LogP contribution >= 0.6 is 15.9 Å². The summed E-state index contributed by atoms with van der Waals surface area (Å²) in [6.07, 6.45) is 0. The Labute approximate surface area is 130 Å². The van der Waals surface area contributed by atoms with Gasteiger partial charge in [-0.2, -0.15) is 5.26 Å². The third-order valence-electron chi connectivity index (χ3n) is 2.83. The average Bonchev–Trinajstić information content (AvgIpc) is 2.40. The molecule has 0 aliphatic heterocycles. The number of rotatable bonds is 3. The molecule has 2 aromatic carbocycles. The van der Waals surface area contributed by atoms with Gasteiger partial charge < -0.3 is 5.73 Å². The maximum atomic E-state index is 13.8. The standard InChI is InChI=1S/C14H10BrFN2O2S/c15-11-3-4-14(13(18)6-11)21(19,20)8-10-2-1-9(7-17)5-12(10)16/h1-6H,8,18H2. The fourth-order valence-corrected chi connectivity index (χ4v) is 3.69. The predicted molar refractivity (Wildman–Crippen MR) is 80.6 cm³/mol. The van der Waals surface area contributed by atoms with Gasteiger partial charge >= 0.3 is 0 Å². The Hall–Kier alpha value is -1.91. The maximum absolute atomic E-state index is 13.8. The van der Waals surface area contributed by atoms with Crippen molar-refractivity contribution in [1.82, 2.24) is 0 Å². The second kappa shape index (κ2) is 5.84. The van der Waals surface area contributed by atoms with Gasteiger partial charge in [0.15, 0.2) is 9.84 Å². The fraction of sp³-hybridized carbons (Fsp3) is 0.0714. The van der Waals surface area contributed by atoms with E-state index in [1.165, 1.54) is 24.3 Å². The maximum Gasteiger partial charge on any atom is 0.184 e. The number of nitrogens with zero attached hydrogens (tertiary/aromatic N) is 1. The van der Waals surface area contributed by atoms with Crippen LogP contribution in [0, 0.1) is 17.1 Å². The molecule has 21 heavy (non-hydrogen) atoms. The summed E-state index contributed by atoms with van der Waals surface area (Å²) >= 11 is 3.19. The summed E-state index contributed by atoms with van der Waals surface area (Å²) in [6, 6.07) is 9.87. The highest BCUT2D eigenvalue weighted by Gasteiger charge is 2.20. The van der Waals surface area contributed by atoms with E-state index in [0.717, 1.165) is 6.07 Å². The molecule has 0 aliphatic carbocycles. The number of nitriles is 1. The van der Waals surface area contributed by atoms with Crippen LogP contribution in [0.5, 0.6) is 0 Å². The Morgan fingerprint density at radius 1 is 1.24 bits per heavy atom. The highest BCUT2D eigenvalue weighted by molar-refractivity contribution is 9.10. The monoisotopic (exact) mass is 368 g/mol. The summed E-state index contributed by atoms with van der Waals surface area (Å²) in [6.45, 7) is 0. The van der Waals surface area contributed by atoms with Crippen LogP contribution in [0.3, 0.4) is 0 Å². The van der Waals surface area contributed by atoms with Gasteiger partial charge in [-0.15, -0.1) is 0 Å². The second-order valence-corrected chi connectivity index (χ2v) is 7.23. The van der Waals surface area contributed by atoms with Crippen molar-refractivity contribution >= 4 is 31.5 Å². The molecule has 0 saturated heterocycles. The van der Waals surface area contributed by atoms with Crippen LogP contribution in [0.2, 0.25) is 0 Å². The van der Waals surface area contributed by atoms with Crippen molar-refractivity contribution < 1.29 is 12.8 Å². The van der Waals surface area contributed by atoms with Gasteiger partial charge in [-0.3, -0.25) is 0 Å². The molecular formula is C14H10BrFN2O2S. The molecule has 0 radical (unpaired) electrons. The molecule has 0 unspecified atom stereocenters. The zero-order chi connectivity index (χ0) is 15.6. The van der Waals surface area contributed by atoms with Gasteiger partial charge in [0.25, 0.3) is 0 Å². The molecule has 0 saturated carbocycles. The number of benzene rings is 2. The first-order chi connectivity index (χ1) is 9.83. The van der Waals surface area contributed by atoms with E-state index in [0.29, 0.717) is 4.47 Å². The number of hydrogen-bond donors (Lipinski definition) is 1. The first kappa shape index (κ1) is 15.5. The summed E-state index contributed by atoms with van der Waals surface area (Å²) in [5, 5.41) is 8.67. The van der Waals surface area contributed by atoms with Crippen LogP contribution in [0.1, 0.15) is 11.1 Å². The highest BCUT2D eigenvalue weighted by Crippen LogP contribution is 2.26. The third-order valence-corrected chi connectivity index (χ3v) is 5.06. The molecule has 0 amide bonds. The second-order valence-electron chi connectivity index (χ2n) is 4.36. The number of nitrogens with two attached hydrogens (primary N) is 1. The molecule has 108 valence electrons. The molecule has 2 aromatic rings. The first-order valence-corrected chi connectivity index (χ1v) is 8.24. The van der Waals surface area contributed by atoms with Gasteiger partial charge in [0.2, 0.25) is 0 Å². The Morgan fingerprint density at radius 2 is 1.95 bits per heavy atom. The zero-order valence-corrected chi connectivity index (χ0v) is 13.1. The van der Waals surface area contributed by atoms with E-state index in [1.54, 1.807) is 12.1 Å². The molecule has 2 N–H and O–H groups in total. The topological polar surface area (TPSA) is 84.0 Å². The quantitative estimate of drug-likeness (QED) is 0.843. The number of nitrogen functional groups attached to an aromatic ring is 1. The lowest BCUT2D eigenvalue weighted by atomic mass is 10.1. The summed E-state index contributed by atoms with van der Waals surface area (Å²) in [4.78, 5) is -0.0468. The van der Waals surface area contributed by atoms with E-state index in [-0.39, 0.29) is 21.7 Å². The molecule has 0 atom stereocenters. The van der Waals surface area contributed by atoms with Crippen molar-refractivity contribution in [2.45, 2.75) is 10.6 Å². The molecule has 0 fully saturated rings. The van der Waals surface area contributed by atoms with Gasteiger partial charge in [-0.05, 0) is 30.3 Å². The molecular weight excluding hydrogens is 359 g/mol. The van der Waals surface area contributed by atoms with E-state index >= 15 is 0 Å². The van der Waals surface area contributed by atoms with E-state index in [2.05, 4.69) is 15.9 Å². The highest BCUT2D eigenvalue weighted by atomic mass is 79.9. The van der Waals surface area contributed by atoms with Crippen LogP contribution in [0.15, 0.2) is 45.8 Å². The molecule has 0 heterocycles. The van der Waals surface area contributed by atoms with Crippen molar-refractivity contribution in [3.8, 4) is 6.07 Å². The van der Waals surface area contributed by atoms with E-state index in [9.17, 15) is 12.8 Å². The van der Waals surface area contributed by atoms with Crippen LogP contribution in [0.25, 0.3) is 0 Å². The number of halogens is 2. The molecule has 2 rings (SSSR count). The normalized spacial score (nSPS) is 11.1. The molecule has 0 aromatic heterocycles. The van der Waals surface area contributed by atoms with Crippen molar-refractivity contribution in [3.63, 3.8) is 0 Å². The Kier molecular flexibility index (Phi) is 4.30. The van der Waals surface area contributed by atoms with Gasteiger partial charge in [0.1, 0.15) is 5.82 Å². The van der Waals surface area contributed by atoms with Crippen molar-refractivity contribution in [2.75, 3.05) is 5.73 Å². The molecule has 0 bridgehead atoms. The molecule has 4 nitrogen and oxygen atoms in total. The Morgan fingerprint density at radius 3 is 2.52 bits per heavy atom. The molecule has 0 aliphatic rings. The smallest absolute Gasteiger partial charge is 0.184 e. The van der Waals surface area contributed by atoms with Gasteiger partial charge in [0, 0.05) is 10.0 Å². The Bertz CT molecular complexity index is 845. The summed E-state index contributed by atoms with van der Waals surface area (Å²) in [5.41, 5.74) is 5.93. The number of hydrogen-bond acceptors (Lipinski definition) is 4. The minimum Gasteiger partial charge on any atom is -0.398 e. The number of anilines is 1. The van der Waals surface area contributed by atoms with Gasteiger partial charge in [0.05, 0.1) is 28.0 Å². The van der Waals surface area contributed by atoms with Crippen LogP contribution < -0.4 is 5.73 Å². The summed E-state index contributed by atoms with van der Waals surface area (Å²) in [5.74, 6) is -1.25. The van der Waals surface area contributed by atoms with Crippen LogP contribution in [-0.4, -0.2) is 8.42 Å². The van der Waals surface area contributed by atoms with Gasteiger partial charge in [-0.1, -0.05) is 22.0 Å². The van der Waals surface area contributed by atoms with Gasteiger partial charge in [-0.25, -0.2) is 12.8 Å². The SMILES string of the molecule is N#Cc1ccc(CS(=O)(=O)c2ccc(Br)cc2N)c(F)c1. The third kappa shape index (κ3) is 3.40. The molecule has 0 spiro atoms. The Balaban J connectivity index is 2.40. The lowest BCUT2D eigenvalue weighted by Crippen LogP contribution is -2.09. The fourth-order valence-electron chi connectivity index (χ4n) is 1.82. The van der Waals surface area contributed by atoms with E-state index < -0.39 is 21.4 Å². The van der Waals surface area contributed by atoms with Crippen molar-refractivity contribution in [2.24, 2.45) is 0 Å². The van der Waals surface area contributed by atoms with Crippen molar-refractivity contribution in [1.29, 1.82) is 5.26 Å². The minimum atomic E-state index is -3.77. The van der Waals surface area contributed by atoms with Crippen LogP contribution in [0.4, 0.5) is 10.1 Å².